The number of rotatable bonds is 2. The number of carbonyl (C=O) groups is 1. The minimum absolute atomic E-state index is 0.0463. The van der Waals surface area contributed by atoms with Crippen molar-refractivity contribution in [2.24, 2.45) is 5.92 Å². The Morgan fingerprint density at radius 3 is 2.11 bits per heavy atom. The number of hydrazine groups is 1. The number of hydrogen-bond acceptors (Lipinski definition) is 3. The van der Waals surface area contributed by atoms with E-state index in [4.69, 9.17) is 11.6 Å². The monoisotopic (exact) mass is 266 g/mol. The highest BCUT2D eigenvalue weighted by molar-refractivity contribution is 6.68. The van der Waals surface area contributed by atoms with E-state index in [0.29, 0.717) is 10.6 Å². The molecule has 18 heavy (non-hydrogen) atoms. The minimum Gasteiger partial charge on any atom is -0.561 e. The Labute approximate surface area is 109 Å². The number of carbonyl (C=O) groups excluding carboxylic acids is 1. The van der Waals surface area contributed by atoms with E-state index < -0.39 is 5.78 Å². The second kappa shape index (κ2) is 4.42. The fraction of sp³-hybridized carbons (Fsp3) is 0.250. The molecule has 94 valence electrons. The molecule has 6 heteroatoms. The summed E-state index contributed by atoms with van der Waals surface area (Å²) in [6.45, 7) is 3.38. The van der Waals surface area contributed by atoms with E-state index in [2.05, 4.69) is 0 Å². The van der Waals surface area contributed by atoms with Gasteiger partial charge in [0, 0.05) is 5.02 Å². The van der Waals surface area contributed by atoms with Crippen LogP contribution in [0.25, 0.3) is 0 Å². The Morgan fingerprint density at radius 2 is 1.67 bits per heavy atom. The van der Waals surface area contributed by atoms with Crippen molar-refractivity contribution in [1.29, 1.82) is 0 Å². The summed E-state index contributed by atoms with van der Waals surface area (Å²) >= 11 is 5.74. The summed E-state index contributed by atoms with van der Waals surface area (Å²) in [6, 6.07) is 6.20. The molecule has 1 aliphatic heterocycles. The van der Waals surface area contributed by atoms with Gasteiger partial charge in [-0.1, -0.05) is 25.4 Å². The quantitative estimate of drug-likeness (QED) is 0.605. The number of ketones is 1. The summed E-state index contributed by atoms with van der Waals surface area (Å²) in [5, 5.41) is 23.9. The van der Waals surface area contributed by atoms with Crippen molar-refractivity contribution in [2.45, 2.75) is 13.8 Å². The lowest BCUT2D eigenvalue weighted by molar-refractivity contribution is -1.05. The van der Waals surface area contributed by atoms with Crippen molar-refractivity contribution in [2.75, 3.05) is 0 Å². The average Bonchev–Trinajstić information content (AvgIpc) is 2.52. The normalized spacial score (nSPS) is 16.1. The maximum Gasteiger partial charge on any atom is 0.348 e. The molecule has 0 saturated heterocycles. The summed E-state index contributed by atoms with van der Waals surface area (Å²) in [6.07, 6.45) is 0. The molecule has 2 rings (SSSR count). The third kappa shape index (κ3) is 1.86. The van der Waals surface area contributed by atoms with E-state index in [-0.39, 0.29) is 27.0 Å². The summed E-state index contributed by atoms with van der Waals surface area (Å²) in [5.41, 5.74) is 0.177. The Kier molecular flexibility index (Phi) is 3.09. The van der Waals surface area contributed by atoms with Crippen LogP contribution < -0.4 is 0 Å². The molecule has 1 aromatic carbocycles. The van der Waals surface area contributed by atoms with Gasteiger partial charge in [0.2, 0.25) is 0 Å². The number of hydrogen-bond donors (Lipinski definition) is 0. The summed E-state index contributed by atoms with van der Waals surface area (Å²) in [5.74, 6) is -0.839. The Bertz CT molecular complexity index is 573. The Balaban J connectivity index is 2.50. The predicted molar refractivity (Wildman–Crippen MR) is 67.7 cm³/mol. The van der Waals surface area contributed by atoms with Crippen molar-refractivity contribution >= 4 is 28.8 Å². The molecule has 0 bridgehead atoms. The maximum absolute atomic E-state index is 12.1. The second-order valence-corrected chi connectivity index (χ2v) is 4.71. The molecule has 1 heterocycles. The van der Waals surface area contributed by atoms with Crippen LogP contribution in [0, 0.1) is 16.3 Å². The molecule has 1 aromatic rings. The maximum atomic E-state index is 12.1. The molecule has 0 aromatic heterocycles. The number of Topliss-reactive ketones (excluding diaryl/α,β-unsaturated/α-hetero) is 1. The van der Waals surface area contributed by atoms with Crippen LogP contribution in [0.5, 0.6) is 0 Å². The van der Waals surface area contributed by atoms with Crippen LogP contribution in [0.3, 0.4) is 0 Å². The summed E-state index contributed by atoms with van der Waals surface area (Å²) in [4.78, 5) is 12.3. The zero-order chi connectivity index (χ0) is 13.4. The van der Waals surface area contributed by atoms with Crippen molar-refractivity contribution in [3.05, 3.63) is 45.3 Å². The van der Waals surface area contributed by atoms with Crippen LogP contribution in [0.15, 0.2) is 24.3 Å². The van der Waals surface area contributed by atoms with Crippen molar-refractivity contribution in [3.8, 4) is 0 Å². The SMILES string of the molecule is CC(C)C1=[N+]([O-])[N+]([O-])=C(c2ccc(Cl)cc2)C1=O. The van der Waals surface area contributed by atoms with Gasteiger partial charge in [-0.2, -0.15) is 0 Å². The zero-order valence-corrected chi connectivity index (χ0v) is 10.6. The van der Waals surface area contributed by atoms with Gasteiger partial charge in [-0.3, -0.25) is 4.79 Å². The summed E-state index contributed by atoms with van der Waals surface area (Å²) < 4.78 is 0. The van der Waals surface area contributed by atoms with Crippen LogP contribution in [0.1, 0.15) is 19.4 Å². The fourth-order valence-corrected chi connectivity index (χ4v) is 1.94. The van der Waals surface area contributed by atoms with Gasteiger partial charge in [0.05, 0.1) is 21.2 Å². The van der Waals surface area contributed by atoms with Crippen molar-refractivity contribution < 1.29 is 14.5 Å². The lowest BCUT2D eigenvalue weighted by Crippen LogP contribution is -2.26. The van der Waals surface area contributed by atoms with Gasteiger partial charge in [0.25, 0.3) is 0 Å². The highest BCUT2D eigenvalue weighted by atomic mass is 35.5. The molecular formula is C12H11ClN2O3. The predicted octanol–water partition coefficient (Wildman–Crippen LogP) is 1.74. The summed E-state index contributed by atoms with van der Waals surface area (Å²) in [7, 11) is 0. The second-order valence-electron chi connectivity index (χ2n) is 4.27. The number of halogens is 1. The van der Waals surface area contributed by atoms with Crippen LogP contribution >= 0.6 is 11.6 Å². The van der Waals surface area contributed by atoms with Crippen molar-refractivity contribution in [1.82, 2.24) is 0 Å². The standard InChI is InChI=1S/C12H11ClN2O3/c1-7(2)10-12(16)11(15(18)14(10)17)8-3-5-9(13)6-4-8/h3-7H,1-2H3. The largest absolute Gasteiger partial charge is 0.561 e. The third-order valence-electron chi connectivity index (χ3n) is 2.67. The first-order valence-corrected chi connectivity index (χ1v) is 5.80. The van der Waals surface area contributed by atoms with E-state index in [1.54, 1.807) is 26.0 Å². The van der Waals surface area contributed by atoms with Gasteiger partial charge in [-0.25, -0.2) is 0 Å². The zero-order valence-electron chi connectivity index (χ0n) is 9.88. The Morgan fingerprint density at radius 1 is 1.11 bits per heavy atom. The van der Waals surface area contributed by atoms with Crippen LogP contribution in [-0.2, 0) is 4.79 Å². The van der Waals surface area contributed by atoms with E-state index in [1.807, 2.05) is 0 Å². The third-order valence-corrected chi connectivity index (χ3v) is 2.93. The molecule has 0 unspecified atom stereocenters. The molecule has 0 aliphatic carbocycles. The molecule has 0 spiro atoms. The smallest absolute Gasteiger partial charge is 0.348 e. The van der Waals surface area contributed by atoms with Gasteiger partial charge in [-0.15, -0.1) is 0 Å². The lowest BCUT2D eigenvalue weighted by atomic mass is 9.98. The first-order chi connectivity index (χ1) is 8.43. The van der Waals surface area contributed by atoms with E-state index >= 15 is 0 Å². The Hall–Kier alpha value is -1.88. The molecule has 0 saturated carbocycles. The van der Waals surface area contributed by atoms with Gasteiger partial charge in [0.15, 0.2) is 0 Å². The number of hydrazone groups is 2. The average molecular weight is 267 g/mol. The van der Waals surface area contributed by atoms with Gasteiger partial charge < -0.3 is 10.4 Å². The van der Waals surface area contributed by atoms with Crippen molar-refractivity contribution in [3.63, 3.8) is 0 Å². The highest BCUT2D eigenvalue weighted by Gasteiger charge is 2.46. The molecule has 0 N–H and O–H groups in total. The molecule has 0 fully saturated rings. The van der Waals surface area contributed by atoms with Crippen LogP contribution in [0.4, 0.5) is 0 Å². The van der Waals surface area contributed by atoms with E-state index in [1.165, 1.54) is 12.1 Å². The topological polar surface area (TPSA) is 69.2 Å². The number of benzene rings is 1. The highest BCUT2D eigenvalue weighted by Crippen LogP contribution is 2.15. The molecule has 0 radical (unpaired) electrons. The molecule has 0 amide bonds. The van der Waals surface area contributed by atoms with E-state index in [0.717, 1.165) is 0 Å². The van der Waals surface area contributed by atoms with Crippen LogP contribution in [0.2, 0.25) is 5.02 Å². The molecule has 5 nitrogen and oxygen atoms in total. The molecule has 0 atom stereocenters. The van der Waals surface area contributed by atoms with E-state index in [9.17, 15) is 15.2 Å². The lowest BCUT2D eigenvalue weighted by Gasteiger charge is -1.99. The van der Waals surface area contributed by atoms with Gasteiger partial charge in [-0.05, 0) is 24.3 Å². The molecule has 1 aliphatic rings. The first kappa shape index (κ1) is 12.6. The minimum atomic E-state index is -0.530. The van der Waals surface area contributed by atoms with Gasteiger partial charge in [0.1, 0.15) is 0 Å². The van der Waals surface area contributed by atoms with Crippen LogP contribution in [-0.4, -0.2) is 26.9 Å². The van der Waals surface area contributed by atoms with Gasteiger partial charge >= 0.3 is 17.2 Å². The fourth-order valence-electron chi connectivity index (χ4n) is 1.82. The first-order valence-electron chi connectivity index (χ1n) is 5.42. The molecular weight excluding hydrogens is 256 g/mol. The number of nitrogens with zero attached hydrogens (tertiary/aromatic N) is 2.